The largest absolute Gasteiger partial charge is 0.309 e. The lowest BCUT2D eigenvalue weighted by atomic mass is 10.0. The maximum Gasteiger partial charge on any atom is 0.0604 e. The number of rotatable bonds is 5. The molecule has 0 bridgehead atoms. The molecule has 2 rings (SSSR count). The van der Waals surface area contributed by atoms with E-state index in [0.29, 0.717) is 6.04 Å². The van der Waals surface area contributed by atoms with Gasteiger partial charge in [-0.05, 0) is 37.1 Å². The van der Waals surface area contributed by atoms with Crippen LogP contribution in [0, 0.1) is 13.8 Å². The summed E-state index contributed by atoms with van der Waals surface area (Å²) in [4.78, 5) is 0. The van der Waals surface area contributed by atoms with Crippen molar-refractivity contribution in [3.8, 4) is 0 Å². The molecule has 96 valence electrons. The van der Waals surface area contributed by atoms with Crippen LogP contribution in [0.2, 0.25) is 0 Å². The molecule has 1 heterocycles. The molecule has 1 aromatic carbocycles. The van der Waals surface area contributed by atoms with Crippen molar-refractivity contribution < 1.29 is 0 Å². The van der Waals surface area contributed by atoms with Crippen molar-refractivity contribution in [1.29, 1.82) is 0 Å². The van der Waals surface area contributed by atoms with E-state index in [1.54, 1.807) is 0 Å². The van der Waals surface area contributed by atoms with Gasteiger partial charge >= 0.3 is 0 Å². The second kappa shape index (κ2) is 5.83. The predicted molar refractivity (Wildman–Crippen MR) is 74.6 cm³/mol. The van der Waals surface area contributed by atoms with Crippen molar-refractivity contribution >= 4 is 0 Å². The number of benzene rings is 1. The highest BCUT2D eigenvalue weighted by atomic mass is 15.3. The Morgan fingerprint density at radius 3 is 2.67 bits per heavy atom. The minimum absolute atomic E-state index is 0.315. The van der Waals surface area contributed by atoms with Crippen molar-refractivity contribution in [2.75, 3.05) is 6.54 Å². The Balaban J connectivity index is 2.20. The van der Waals surface area contributed by atoms with Crippen molar-refractivity contribution in [2.24, 2.45) is 0 Å². The minimum atomic E-state index is 0.315. The topological polar surface area (TPSA) is 29.9 Å². The van der Waals surface area contributed by atoms with Gasteiger partial charge in [-0.1, -0.05) is 31.2 Å². The van der Waals surface area contributed by atoms with Crippen LogP contribution in [-0.2, 0) is 6.54 Å². The van der Waals surface area contributed by atoms with Gasteiger partial charge < -0.3 is 5.32 Å². The number of nitrogens with one attached hydrogen (secondary N) is 1. The molecule has 2 aromatic rings. The van der Waals surface area contributed by atoms with Crippen LogP contribution >= 0.6 is 0 Å². The molecule has 0 saturated heterocycles. The number of likely N-dealkylation sites (N-methyl/N-ethyl adjacent to an activating group) is 1. The van der Waals surface area contributed by atoms with Crippen molar-refractivity contribution in [3.63, 3.8) is 0 Å². The van der Waals surface area contributed by atoms with Gasteiger partial charge in [0.05, 0.1) is 18.8 Å². The van der Waals surface area contributed by atoms with Crippen LogP contribution in [0.5, 0.6) is 0 Å². The first-order chi connectivity index (χ1) is 8.70. The maximum absolute atomic E-state index is 4.37. The van der Waals surface area contributed by atoms with Gasteiger partial charge in [0, 0.05) is 6.20 Å². The van der Waals surface area contributed by atoms with Crippen LogP contribution in [0.25, 0.3) is 0 Å². The Morgan fingerprint density at radius 2 is 2.06 bits per heavy atom. The Labute approximate surface area is 109 Å². The molecule has 3 nitrogen and oxygen atoms in total. The molecule has 1 aromatic heterocycles. The predicted octanol–water partition coefficient (Wildman–Crippen LogP) is 2.85. The van der Waals surface area contributed by atoms with Crippen LogP contribution in [-0.4, -0.2) is 16.3 Å². The summed E-state index contributed by atoms with van der Waals surface area (Å²) >= 11 is 0. The number of nitrogens with zero attached hydrogens (tertiary/aromatic N) is 2. The van der Waals surface area contributed by atoms with Gasteiger partial charge in [-0.15, -0.1) is 0 Å². The molecule has 0 saturated carbocycles. The van der Waals surface area contributed by atoms with Crippen LogP contribution < -0.4 is 5.32 Å². The first-order valence-electron chi connectivity index (χ1n) is 6.48. The zero-order valence-corrected chi connectivity index (χ0v) is 11.4. The molecule has 0 aliphatic carbocycles. The Bertz CT molecular complexity index is 502. The fraction of sp³-hybridized carbons (Fsp3) is 0.400. The summed E-state index contributed by atoms with van der Waals surface area (Å²) in [6.07, 6.45) is 3.99. The number of aryl methyl sites for hydroxylation is 2. The third-order valence-electron chi connectivity index (χ3n) is 3.15. The van der Waals surface area contributed by atoms with E-state index in [1.165, 1.54) is 16.7 Å². The summed E-state index contributed by atoms with van der Waals surface area (Å²) in [6, 6.07) is 8.85. The molecular weight excluding hydrogens is 222 g/mol. The van der Waals surface area contributed by atoms with Gasteiger partial charge in [-0.2, -0.15) is 5.10 Å². The highest BCUT2D eigenvalue weighted by molar-refractivity contribution is 5.28. The number of aromatic nitrogens is 2. The quantitative estimate of drug-likeness (QED) is 0.875. The first-order valence-corrected chi connectivity index (χ1v) is 6.48. The average molecular weight is 243 g/mol. The molecule has 0 aliphatic heterocycles. The second-order valence-electron chi connectivity index (χ2n) is 4.71. The molecule has 0 radical (unpaired) electrons. The van der Waals surface area contributed by atoms with Crippen LogP contribution in [0.15, 0.2) is 36.7 Å². The normalized spacial score (nSPS) is 12.6. The van der Waals surface area contributed by atoms with Crippen molar-refractivity contribution in [3.05, 3.63) is 53.3 Å². The first kappa shape index (κ1) is 12.8. The fourth-order valence-corrected chi connectivity index (χ4v) is 2.25. The highest BCUT2D eigenvalue weighted by Gasteiger charge is 2.13. The van der Waals surface area contributed by atoms with Gasteiger partial charge in [0.2, 0.25) is 0 Å². The van der Waals surface area contributed by atoms with Crippen LogP contribution in [0.4, 0.5) is 0 Å². The zero-order valence-electron chi connectivity index (χ0n) is 11.4. The van der Waals surface area contributed by atoms with Crippen molar-refractivity contribution in [1.82, 2.24) is 15.1 Å². The number of hydrogen-bond acceptors (Lipinski definition) is 2. The molecule has 0 aliphatic rings. The van der Waals surface area contributed by atoms with Gasteiger partial charge in [0.1, 0.15) is 0 Å². The fourth-order valence-electron chi connectivity index (χ4n) is 2.25. The van der Waals surface area contributed by atoms with Gasteiger partial charge in [0.25, 0.3) is 0 Å². The molecule has 1 atom stereocenters. The Kier molecular flexibility index (Phi) is 4.15. The van der Waals surface area contributed by atoms with Gasteiger partial charge in [-0.25, -0.2) is 0 Å². The lowest BCUT2D eigenvalue weighted by Gasteiger charge is -2.20. The zero-order chi connectivity index (χ0) is 13.0. The van der Waals surface area contributed by atoms with E-state index in [9.17, 15) is 0 Å². The lowest BCUT2D eigenvalue weighted by Crippen LogP contribution is -2.26. The summed E-state index contributed by atoms with van der Waals surface area (Å²) in [5.74, 6) is 0. The van der Waals surface area contributed by atoms with E-state index in [4.69, 9.17) is 0 Å². The van der Waals surface area contributed by atoms with E-state index in [0.717, 1.165) is 13.1 Å². The lowest BCUT2D eigenvalue weighted by molar-refractivity contribution is 0.446. The minimum Gasteiger partial charge on any atom is -0.309 e. The summed E-state index contributed by atoms with van der Waals surface area (Å²) in [5.41, 5.74) is 3.88. The van der Waals surface area contributed by atoms with Crippen LogP contribution in [0.3, 0.4) is 0 Å². The van der Waals surface area contributed by atoms with E-state index < -0.39 is 0 Å². The maximum atomic E-state index is 4.37. The molecule has 3 heteroatoms. The van der Waals surface area contributed by atoms with Gasteiger partial charge in [0.15, 0.2) is 0 Å². The third kappa shape index (κ3) is 2.99. The van der Waals surface area contributed by atoms with E-state index >= 15 is 0 Å². The second-order valence-corrected chi connectivity index (χ2v) is 4.71. The van der Waals surface area contributed by atoms with E-state index in [-0.39, 0.29) is 0 Å². The number of hydrogen-bond donors (Lipinski definition) is 1. The monoisotopic (exact) mass is 243 g/mol. The molecule has 0 fully saturated rings. The smallest absolute Gasteiger partial charge is 0.0604 e. The molecule has 0 amide bonds. The third-order valence-corrected chi connectivity index (χ3v) is 3.15. The van der Waals surface area contributed by atoms with E-state index in [2.05, 4.69) is 61.6 Å². The Morgan fingerprint density at radius 1 is 1.28 bits per heavy atom. The molecule has 0 spiro atoms. The van der Waals surface area contributed by atoms with E-state index in [1.807, 2.05) is 10.9 Å². The standard InChI is InChI=1S/C15H21N3/c1-4-16-15(11-18-10-12(2)9-17-18)14-8-6-5-7-13(14)3/h5-10,15-16H,4,11H2,1-3H3. The molecule has 1 unspecified atom stereocenters. The summed E-state index contributed by atoms with van der Waals surface area (Å²) in [5, 5.41) is 7.91. The Hall–Kier alpha value is -1.61. The van der Waals surface area contributed by atoms with Crippen molar-refractivity contribution in [2.45, 2.75) is 33.4 Å². The summed E-state index contributed by atoms with van der Waals surface area (Å²) in [6.45, 7) is 8.19. The molecule has 1 N–H and O–H groups in total. The highest BCUT2D eigenvalue weighted by Crippen LogP contribution is 2.19. The molecule has 18 heavy (non-hydrogen) atoms. The van der Waals surface area contributed by atoms with Crippen LogP contribution in [0.1, 0.15) is 29.7 Å². The van der Waals surface area contributed by atoms with Gasteiger partial charge in [-0.3, -0.25) is 4.68 Å². The summed E-state index contributed by atoms with van der Waals surface area (Å²) < 4.78 is 2.01. The molecular formula is C15H21N3. The SMILES string of the molecule is CCNC(Cn1cc(C)cn1)c1ccccc1C. The average Bonchev–Trinajstić information content (AvgIpc) is 2.75. The summed E-state index contributed by atoms with van der Waals surface area (Å²) in [7, 11) is 0.